The van der Waals surface area contributed by atoms with Crippen molar-refractivity contribution >= 4 is 35.0 Å². The van der Waals surface area contributed by atoms with Gasteiger partial charge in [-0.2, -0.15) is 0 Å². The van der Waals surface area contributed by atoms with Gasteiger partial charge in [0.1, 0.15) is 0 Å². The molecule has 0 spiro atoms. The number of hydrogen-bond acceptors (Lipinski definition) is 3. The molecule has 0 radical (unpaired) electrons. The summed E-state index contributed by atoms with van der Waals surface area (Å²) in [4.78, 5) is 26.3. The number of rotatable bonds is 7. The van der Waals surface area contributed by atoms with Crippen molar-refractivity contribution in [3.63, 3.8) is 0 Å². The van der Waals surface area contributed by atoms with E-state index in [4.69, 9.17) is 28.9 Å². The number of amides is 2. The number of hydrogen-bond donors (Lipinski definition) is 2. The number of carbonyl (C=O) groups is 2. The van der Waals surface area contributed by atoms with Crippen molar-refractivity contribution < 1.29 is 9.59 Å². The number of benzene rings is 1. The van der Waals surface area contributed by atoms with Crippen LogP contribution in [0.1, 0.15) is 31.2 Å². The molecule has 1 aliphatic rings. The number of halogens is 2. The van der Waals surface area contributed by atoms with E-state index in [1.807, 2.05) is 17.0 Å². The molecule has 138 valence electrons. The Morgan fingerprint density at radius 3 is 2.80 bits per heavy atom. The van der Waals surface area contributed by atoms with Gasteiger partial charge >= 0.3 is 0 Å². The van der Waals surface area contributed by atoms with Gasteiger partial charge in [-0.3, -0.25) is 9.59 Å². The molecule has 1 aliphatic heterocycles. The predicted octanol–water partition coefficient (Wildman–Crippen LogP) is 2.63. The van der Waals surface area contributed by atoms with E-state index in [1.54, 1.807) is 6.07 Å². The number of nitrogens with one attached hydrogen (secondary N) is 1. The van der Waals surface area contributed by atoms with Crippen LogP contribution in [0.4, 0.5) is 0 Å². The first kappa shape index (κ1) is 20.0. The predicted molar refractivity (Wildman–Crippen MR) is 101 cm³/mol. The second-order valence-corrected chi connectivity index (χ2v) is 7.18. The molecule has 1 saturated heterocycles. The van der Waals surface area contributed by atoms with Crippen LogP contribution in [0.2, 0.25) is 10.0 Å². The van der Waals surface area contributed by atoms with Crippen LogP contribution in [-0.2, 0) is 16.0 Å². The maximum absolute atomic E-state index is 12.4. The van der Waals surface area contributed by atoms with Gasteiger partial charge in [0, 0.05) is 32.6 Å². The third kappa shape index (κ3) is 6.17. The lowest BCUT2D eigenvalue weighted by molar-refractivity contribution is -0.135. The van der Waals surface area contributed by atoms with E-state index in [1.165, 1.54) is 0 Å². The zero-order valence-corrected chi connectivity index (χ0v) is 15.8. The summed E-state index contributed by atoms with van der Waals surface area (Å²) < 4.78 is 0. The van der Waals surface area contributed by atoms with Gasteiger partial charge in [0.05, 0.1) is 16.0 Å². The molecule has 2 rings (SSSR count). The van der Waals surface area contributed by atoms with Gasteiger partial charge in [0.15, 0.2) is 0 Å². The van der Waals surface area contributed by atoms with Crippen molar-refractivity contribution in [1.29, 1.82) is 0 Å². The highest BCUT2D eigenvalue weighted by atomic mass is 35.5. The summed E-state index contributed by atoms with van der Waals surface area (Å²) in [6.07, 6.45) is 3.67. The van der Waals surface area contributed by atoms with Crippen molar-refractivity contribution in [3.05, 3.63) is 33.8 Å². The molecule has 1 aromatic carbocycles. The first-order valence-electron chi connectivity index (χ1n) is 8.70. The first-order valence-corrected chi connectivity index (χ1v) is 9.46. The van der Waals surface area contributed by atoms with E-state index in [0.29, 0.717) is 36.1 Å². The average molecular weight is 386 g/mol. The molecule has 7 heteroatoms. The van der Waals surface area contributed by atoms with Gasteiger partial charge in [-0.1, -0.05) is 29.3 Å². The zero-order valence-electron chi connectivity index (χ0n) is 14.3. The van der Waals surface area contributed by atoms with Crippen LogP contribution in [-0.4, -0.2) is 42.9 Å². The Hall–Kier alpha value is -1.30. The van der Waals surface area contributed by atoms with Crippen LogP contribution in [0, 0.1) is 5.92 Å². The lowest BCUT2D eigenvalue weighted by Crippen LogP contribution is -2.46. The highest BCUT2D eigenvalue weighted by molar-refractivity contribution is 6.42. The third-order valence-corrected chi connectivity index (χ3v) is 5.17. The first-order chi connectivity index (χ1) is 12.0. The molecule has 25 heavy (non-hydrogen) atoms. The molecule has 3 N–H and O–H groups in total. The van der Waals surface area contributed by atoms with E-state index in [2.05, 4.69) is 5.32 Å². The number of carbonyl (C=O) groups excluding carboxylic acids is 2. The van der Waals surface area contributed by atoms with Crippen molar-refractivity contribution in [1.82, 2.24) is 10.2 Å². The van der Waals surface area contributed by atoms with E-state index >= 15 is 0 Å². The van der Waals surface area contributed by atoms with E-state index in [9.17, 15) is 9.59 Å². The molecule has 1 unspecified atom stereocenters. The van der Waals surface area contributed by atoms with Gasteiger partial charge in [-0.05, 0) is 43.4 Å². The van der Waals surface area contributed by atoms with Crippen molar-refractivity contribution in [2.45, 2.75) is 32.1 Å². The lowest BCUT2D eigenvalue weighted by atomic mass is 9.96. The molecule has 2 amide bonds. The highest BCUT2D eigenvalue weighted by Gasteiger charge is 2.27. The maximum Gasteiger partial charge on any atom is 0.224 e. The summed E-state index contributed by atoms with van der Waals surface area (Å²) >= 11 is 11.9. The van der Waals surface area contributed by atoms with Crippen LogP contribution in [0.5, 0.6) is 0 Å². The zero-order chi connectivity index (χ0) is 18.2. The van der Waals surface area contributed by atoms with Gasteiger partial charge < -0.3 is 16.0 Å². The minimum atomic E-state index is -0.126. The molecule has 0 saturated carbocycles. The summed E-state index contributed by atoms with van der Waals surface area (Å²) in [6.45, 7) is 2.14. The summed E-state index contributed by atoms with van der Waals surface area (Å²) in [5.74, 6) is -0.0190. The summed E-state index contributed by atoms with van der Waals surface area (Å²) in [7, 11) is 0. The quantitative estimate of drug-likeness (QED) is 0.757. The molecule has 0 bridgehead atoms. The minimum Gasteiger partial charge on any atom is -0.355 e. The average Bonchev–Trinajstić information content (AvgIpc) is 2.62. The normalized spacial score (nSPS) is 17.4. The fourth-order valence-corrected chi connectivity index (χ4v) is 3.38. The number of nitrogens with zero attached hydrogens (tertiary/aromatic N) is 1. The highest BCUT2D eigenvalue weighted by Crippen LogP contribution is 2.23. The molecule has 1 heterocycles. The Morgan fingerprint density at radius 2 is 2.08 bits per heavy atom. The Bertz CT molecular complexity index is 610. The SMILES string of the molecule is NCCNC(=O)C1CCCN(C(=O)CCCc2ccc(Cl)c(Cl)c2)C1. The van der Waals surface area contributed by atoms with Gasteiger partial charge in [-0.15, -0.1) is 0 Å². The topological polar surface area (TPSA) is 75.4 Å². The summed E-state index contributed by atoms with van der Waals surface area (Å²) in [5, 5.41) is 3.88. The van der Waals surface area contributed by atoms with E-state index in [-0.39, 0.29) is 17.7 Å². The maximum atomic E-state index is 12.4. The van der Waals surface area contributed by atoms with Crippen LogP contribution in [0.15, 0.2) is 18.2 Å². The van der Waals surface area contributed by atoms with Crippen LogP contribution >= 0.6 is 23.2 Å². The Labute approximate surface area is 158 Å². The second-order valence-electron chi connectivity index (χ2n) is 6.36. The molecule has 5 nitrogen and oxygen atoms in total. The Balaban J connectivity index is 1.77. The third-order valence-electron chi connectivity index (χ3n) is 4.43. The second kappa shape index (κ2) is 10.00. The monoisotopic (exact) mass is 385 g/mol. The van der Waals surface area contributed by atoms with Gasteiger partial charge in [0.2, 0.25) is 11.8 Å². The number of nitrogens with two attached hydrogens (primary N) is 1. The van der Waals surface area contributed by atoms with Gasteiger partial charge in [0.25, 0.3) is 0 Å². The van der Waals surface area contributed by atoms with Crippen LogP contribution < -0.4 is 11.1 Å². The molecule has 0 aliphatic carbocycles. The molecular weight excluding hydrogens is 361 g/mol. The molecule has 1 aromatic rings. The molecule has 1 atom stereocenters. The van der Waals surface area contributed by atoms with E-state index < -0.39 is 0 Å². The fraction of sp³-hybridized carbons (Fsp3) is 0.556. The van der Waals surface area contributed by atoms with Crippen LogP contribution in [0.3, 0.4) is 0 Å². The molecular formula is C18H25Cl2N3O2. The molecule has 0 aromatic heterocycles. The largest absolute Gasteiger partial charge is 0.355 e. The lowest BCUT2D eigenvalue weighted by Gasteiger charge is -2.32. The minimum absolute atomic E-state index is 0.00115. The Morgan fingerprint density at radius 1 is 1.28 bits per heavy atom. The van der Waals surface area contributed by atoms with E-state index in [0.717, 1.165) is 37.8 Å². The van der Waals surface area contributed by atoms with Crippen molar-refractivity contribution in [2.24, 2.45) is 11.7 Å². The molecule has 1 fully saturated rings. The smallest absolute Gasteiger partial charge is 0.224 e. The van der Waals surface area contributed by atoms with Gasteiger partial charge in [-0.25, -0.2) is 0 Å². The number of likely N-dealkylation sites (tertiary alicyclic amines) is 1. The number of piperidine rings is 1. The van der Waals surface area contributed by atoms with Crippen molar-refractivity contribution in [2.75, 3.05) is 26.2 Å². The summed E-state index contributed by atoms with van der Waals surface area (Å²) in [5.41, 5.74) is 6.48. The number of aryl methyl sites for hydroxylation is 1. The standard InChI is InChI=1S/C18H25Cl2N3O2/c19-15-7-6-13(11-16(15)20)3-1-5-17(24)23-10-2-4-14(12-23)18(25)22-9-8-21/h6-7,11,14H,1-5,8-10,12,21H2,(H,22,25). The van der Waals surface area contributed by atoms with Crippen LogP contribution in [0.25, 0.3) is 0 Å². The fourth-order valence-electron chi connectivity index (χ4n) is 3.05. The Kier molecular flexibility index (Phi) is 8.00. The van der Waals surface area contributed by atoms with Crippen molar-refractivity contribution in [3.8, 4) is 0 Å². The summed E-state index contributed by atoms with van der Waals surface area (Å²) in [6, 6.07) is 5.54.